The van der Waals surface area contributed by atoms with Gasteiger partial charge in [0, 0.05) is 6.08 Å². The van der Waals surface area contributed by atoms with E-state index in [-0.39, 0.29) is 5.75 Å². The molecule has 1 amide bonds. The third-order valence-corrected chi connectivity index (χ3v) is 2.12. The van der Waals surface area contributed by atoms with Crippen molar-refractivity contribution >= 4 is 18.0 Å². The fourth-order valence-corrected chi connectivity index (χ4v) is 1.16. The molecular weight excluding hydrogens is 238 g/mol. The second-order valence-corrected chi connectivity index (χ2v) is 3.51. The van der Waals surface area contributed by atoms with Crippen LogP contribution in [-0.4, -0.2) is 39.8 Å². The lowest BCUT2D eigenvalue weighted by Crippen LogP contribution is -2.42. The number of carboxylic acid groups (broad SMARTS) is 1. The molecule has 6 heteroatoms. The Hall–Kier alpha value is -2.34. The van der Waals surface area contributed by atoms with E-state index in [1.165, 1.54) is 18.2 Å². The highest BCUT2D eigenvalue weighted by molar-refractivity contribution is 5.94. The number of aliphatic hydroxyl groups is 1. The molecule has 0 saturated carbocycles. The normalized spacial score (nSPS) is 12.3. The van der Waals surface area contributed by atoms with Gasteiger partial charge >= 0.3 is 5.97 Å². The molecule has 4 N–H and O–H groups in total. The number of phenols is 1. The lowest BCUT2D eigenvalue weighted by atomic mass is 10.2. The molecule has 1 atom stereocenters. The van der Waals surface area contributed by atoms with E-state index in [0.717, 1.165) is 6.08 Å². The zero-order valence-corrected chi connectivity index (χ0v) is 9.41. The molecule has 0 aliphatic carbocycles. The smallest absolute Gasteiger partial charge is 0.328 e. The molecule has 1 rings (SSSR count). The van der Waals surface area contributed by atoms with Crippen LogP contribution in [0.25, 0.3) is 6.08 Å². The zero-order valence-electron chi connectivity index (χ0n) is 9.41. The molecule has 0 heterocycles. The second kappa shape index (κ2) is 6.41. The first-order valence-corrected chi connectivity index (χ1v) is 5.14. The second-order valence-electron chi connectivity index (χ2n) is 3.51. The molecule has 1 aromatic rings. The van der Waals surface area contributed by atoms with Crippen molar-refractivity contribution in [2.75, 3.05) is 6.61 Å². The van der Waals surface area contributed by atoms with Crippen LogP contribution >= 0.6 is 0 Å². The van der Waals surface area contributed by atoms with Crippen LogP contribution in [0, 0.1) is 0 Å². The van der Waals surface area contributed by atoms with E-state index in [4.69, 9.17) is 15.3 Å². The number of hydrogen-bond donors (Lipinski definition) is 4. The molecule has 0 bridgehead atoms. The maximum Gasteiger partial charge on any atom is 0.328 e. The lowest BCUT2D eigenvalue weighted by molar-refractivity contribution is -0.142. The minimum atomic E-state index is -1.32. The Morgan fingerprint density at radius 3 is 2.39 bits per heavy atom. The summed E-state index contributed by atoms with van der Waals surface area (Å²) in [5, 5.41) is 28.5. The molecule has 1 aromatic carbocycles. The van der Waals surface area contributed by atoms with Crippen LogP contribution in [0.1, 0.15) is 5.56 Å². The Bertz CT molecular complexity index is 452. The van der Waals surface area contributed by atoms with Crippen molar-refractivity contribution in [2.45, 2.75) is 6.04 Å². The third-order valence-electron chi connectivity index (χ3n) is 2.12. The number of carbonyl (C=O) groups excluding carboxylic acids is 1. The monoisotopic (exact) mass is 251 g/mol. The number of carboxylic acids is 1. The summed E-state index contributed by atoms with van der Waals surface area (Å²) in [5.41, 5.74) is 0.679. The highest BCUT2D eigenvalue weighted by Crippen LogP contribution is 2.10. The average molecular weight is 251 g/mol. The highest BCUT2D eigenvalue weighted by atomic mass is 16.4. The molecular formula is C12H13NO5. The predicted octanol–water partition coefficient (Wildman–Crippen LogP) is -0.0329. The summed E-state index contributed by atoms with van der Waals surface area (Å²) in [4.78, 5) is 21.9. The van der Waals surface area contributed by atoms with Crippen LogP contribution < -0.4 is 5.32 Å². The third kappa shape index (κ3) is 4.26. The lowest BCUT2D eigenvalue weighted by Gasteiger charge is -2.09. The first kappa shape index (κ1) is 13.7. The van der Waals surface area contributed by atoms with E-state index in [2.05, 4.69) is 5.32 Å². The Balaban J connectivity index is 2.59. The van der Waals surface area contributed by atoms with Crippen molar-refractivity contribution in [1.29, 1.82) is 0 Å². The van der Waals surface area contributed by atoms with Gasteiger partial charge in [0.05, 0.1) is 6.61 Å². The van der Waals surface area contributed by atoms with Gasteiger partial charge in [-0.1, -0.05) is 12.1 Å². The van der Waals surface area contributed by atoms with Gasteiger partial charge in [0.2, 0.25) is 5.91 Å². The molecule has 0 aliphatic heterocycles. The van der Waals surface area contributed by atoms with E-state index in [0.29, 0.717) is 5.56 Å². The van der Waals surface area contributed by atoms with E-state index in [1.54, 1.807) is 12.1 Å². The van der Waals surface area contributed by atoms with Crippen LogP contribution in [-0.2, 0) is 9.59 Å². The topological polar surface area (TPSA) is 107 Å². The quantitative estimate of drug-likeness (QED) is 0.550. The average Bonchev–Trinajstić information content (AvgIpc) is 2.35. The number of aliphatic hydroxyl groups excluding tert-OH is 1. The highest BCUT2D eigenvalue weighted by Gasteiger charge is 2.16. The Morgan fingerprint density at radius 2 is 1.89 bits per heavy atom. The first-order chi connectivity index (χ1) is 8.52. The van der Waals surface area contributed by atoms with E-state index in [1.807, 2.05) is 0 Å². The van der Waals surface area contributed by atoms with Gasteiger partial charge < -0.3 is 20.6 Å². The molecule has 18 heavy (non-hydrogen) atoms. The minimum Gasteiger partial charge on any atom is -0.508 e. The number of carbonyl (C=O) groups is 2. The summed E-state index contributed by atoms with van der Waals surface area (Å²) in [7, 11) is 0. The Kier molecular flexibility index (Phi) is 4.89. The molecule has 96 valence electrons. The predicted molar refractivity (Wildman–Crippen MR) is 63.8 cm³/mol. The van der Waals surface area contributed by atoms with Crippen LogP contribution in [0.2, 0.25) is 0 Å². The fraction of sp³-hybridized carbons (Fsp3) is 0.167. The molecule has 0 aliphatic rings. The van der Waals surface area contributed by atoms with Gasteiger partial charge in [-0.25, -0.2) is 4.79 Å². The van der Waals surface area contributed by atoms with Crippen molar-refractivity contribution in [3.8, 4) is 5.75 Å². The Labute approximate surface area is 103 Å². The SMILES string of the molecule is O=C(/C=C/c1ccc(O)cc1)NC(CO)C(=O)O. The number of benzene rings is 1. The Morgan fingerprint density at radius 1 is 1.28 bits per heavy atom. The summed E-state index contributed by atoms with van der Waals surface area (Å²) in [6, 6.07) is 4.80. The molecule has 0 fully saturated rings. The van der Waals surface area contributed by atoms with Crippen LogP contribution in [0.3, 0.4) is 0 Å². The maximum absolute atomic E-state index is 11.3. The number of aromatic hydroxyl groups is 1. The fourth-order valence-electron chi connectivity index (χ4n) is 1.16. The largest absolute Gasteiger partial charge is 0.508 e. The molecule has 0 aromatic heterocycles. The summed E-state index contributed by atoms with van der Waals surface area (Å²) in [6.07, 6.45) is 2.61. The number of amides is 1. The number of phenolic OH excluding ortho intramolecular Hbond substituents is 1. The molecule has 6 nitrogen and oxygen atoms in total. The van der Waals surface area contributed by atoms with Crippen molar-refractivity contribution in [3.63, 3.8) is 0 Å². The van der Waals surface area contributed by atoms with Gasteiger partial charge in [0.1, 0.15) is 5.75 Å². The van der Waals surface area contributed by atoms with Gasteiger partial charge in [-0.05, 0) is 23.8 Å². The molecule has 0 saturated heterocycles. The van der Waals surface area contributed by atoms with Gasteiger partial charge in [-0.3, -0.25) is 4.79 Å². The molecule has 1 unspecified atom stereocenters. The zero-order chi connectivity index (χ0) is 13.5. The number of aliphatic carboxylic acids is 1. The van der Waals surface area contributed by atoms with Crippen molar-refractivity contribution in [2.24, 2.45) is 0 Å². The number of nitrogens with one attached hydrogen (secondary N) is 1. The van der Waals surface area contributed by atoms with Crippen molar-refractivity contribution in [1.82, 2.24) is 5.32 Å². The number of rotatable bonds is 5. The van der Waals surface area contributed by atoms with Crippen LogP contribution in [0.4, 0.5) is 0 Å². The van der Waals surface area contributed by atoms with Gasteiger partial charge in [0.25, 0.3) is 0 Å². The summed E-state index contributed by atoms with van der Waals surface area (Å²) in [6.45, 7) is -0.672. The van der Waals surface area contributed by atoms with Gasteiger partial charge in [-0.15, -0.1) is 0 Å². The summed E-state index contributed by atoms with van der Waals surface area (Å²) >= 11 is 0. The van der Waals surface area contributed by atoms with E-state index >= 15 is 0 Å². The standard InChI is InChI=1S/C12H13NO5/c14-7-10(12(17)18)13-11(16)6-3-8-1-4-9(15)5-2-8/h1-6,10,14-15H,7H2,(H,13,16)(H,17,18)/b6-3+. The first-order valence-electron chi connectivity index (χ1n) is 5.14. The molecule has 0 spiro atoms. The van der Waals surface area contributed by atoms with Crippen LogP contribution in [0.5, 0.6) is 5.75 Å². The van der Waals surface area contributed by atoms with E-state index < -0.39 is 24.5 Å². The minimum absolute atomic E-state index is 0.114. The summed E-state index contributed by atoms with van der Waals surface area (Å²) in [5.74, 6) is -1.81. The summed E-state index contributed by atoms with van der Waals surface area (Å²) < 4.78 is 0. The van der Waals surface area contributed by atoms with Gasteiger partial charge in [0.15, 0.2) is 6.04 Å². The van der Waals surface area contributed by atoms with E-state index in [9.17, 15) is 9.59 Å². The van der Waals surface area contributed by atoms with Crippen LogP contribution in [0.15, 0.2) is 30.3 Å². The van der Waals surface area contributed by atoms with Crippen molar-refractivity contribution in [3.05, 3.63) is 35.9 Å². The molecule has 0 radical (unpaired) electrons. The van der Waals surface area contributed by atoms with Gasteiger partial charge in [-0.2, -0.15) is 0 Å². The van der Waals surface area contributed by atoms with Crippen molar-refractivity contribution < 1.29 is 24.9 Å². The number of hydrogen-bond acceptors (Lipinski definition) is 4. The maximum atomic E-state index is 11.3.